The third kappa shape index (κ3) is 4.14. The van der Waals surface area contributed by atoms with Crippen molar-refractivity contribution in [2.75, 3.05) is 6.54 Å². The van der Waals surface area contributed by atoms with Crippen LogP contribution in [0.1, 0.15) is 35.0 Å². The second-order valence-corrected chi connectivity index (χ2v) is 5.33. The first-order valence-corrected chi connectivity index (χ1v) is 7.27. The lowest BCUT2D eigenvalue weighted by Crippen LogP contribution is -2.23. The van der Waals surface area contributed by atoms with Crippen LogP contribution < -0.4 is 0 Å². The number of nitrogens with zero attached hydrogens (tertiary/aromatic N) is 3. The van der Waals surface area contributed by atoms with Gasteiger partial charge in [0.15, 0.2) is 0 Å². The van der Waals surface area contributed by atoms with E-state index in [1.165, 1.54) is 11.1 Å². The number of pyridine rings is 1. The minimum absolute atomic E-state index is 0.722. The van der Waals surface area contributed by atoms with Crippen molar-refractivity contribution in [3.63, 3.8) is 0 Å². The van der Waals surface area contributed by atoms with E-state index in [1.54, 1.807) is 0 Å². The van der Waals surface area contributed by atoms with E-state index in [0.29, 0.717) is 0 Å². The summed E-state index contributed by atoms with van der Waals surface area (Å²) in [7, 11) is 0. The second kappa shape index (κ2) is 7.01. The molecule has 0 amide bonds. The zero-order valence-corrected chi connectivity index (χ0v) is 12.9. The number of hydrogen-bond acceptors (Lipinski definition) is 3. The zero-order valence-electron chi connectivity index (χ0n) is 12.9. The summed E-state index contributed by atoms with van der Waals surface area (Å²) in [6.45, 7) is 8.94. The highest BCUT2D eigenvalue weighted by Crippen LogP contribution is 2.14. The molecule has 0 N–H and O–H groups in total. The average molecular weight is 279 g/mol. The van der Waals surface area contributed by atoms with Gasteiger partial charge in [0.2, 0.25) is 0 Å². The number of hydrogen-bond donors (Lipinski definition) is 0. The molecule has 0 bridgehead atoms. The summed E-state index contributed by atoms with van der Waals surface area (Å²) in [5.41, 5.74) is 5.31. The Morgan fingerprint density at radius 1 is 1.14 bits per heavy atom. The molecular weight excluding hydrogens is 258 g/mol. The summed E-state index contributed by atoms with van der Waals surface area (Å²) in [5, 5.41) is 8.93. The van der Waals surface area contributed by atoms with Gasteiger partial charge in [-0.25, -0.2) is 0 Å². The highest BCUT2D eigenvalue weighted by Gasteiger charge is 2.08. The molecule has 1 heterocycles. The van der Waals surface area contributed by atoms with Crippen molar-refractivity contribution in [2.45, 2.75) is 33.9 Å². The first-order chi connectivity index (χ1) is 10.1. The fraction of sp³-hybridized carbons (Fsp3) is 0.333. The molecule has 0 saturated carbocycles. The summed E-state index contributed by atoms with van der Waals surface area (Å²) < 4.78 is 0. The Bertz CT molecular complexity index is 656. The van der Waals surface area contributed by atoms with Crippen LogP contribution >= 0.6 is 0 Å². The lowest BCUT2D eigenvalue weighted by atomic mass is 10.1. The van der Waals surface area contributed by atoms with Crippen molar-refractivity contribution in [3.8, 4) is 6.07 Å². The van der Waals surface area contributed by atoms with Crippen molar-refractivity contribution in [2.24, 2.45) is 0 Å². The van der Waals surface area contributed by atoms with Gasteiger partial charge in [0.05, 0.1) is 17.3 Å². The number of aryl methyl sites for hydroxylation is 2. The average Bonchev–Trinajstić information content (AvgIpc) is 2.48. The number of rotatable bonds is 5. The van der Waals surface area contributed by atoms with E-state index in [9.17, 15) is 0 Å². The molecule has 0 atom stereocenters. The molecule has 0 radical (unpaired) electrons. The van der Waals surface area contributed by atoms with Crippen molar-refractivity contribution in [1.29, 1.82) is 5.26 Å². The third-order valence-electron chi connectivity index (χ3n) is 3.64. The summed E-state index contributed by atoms with van der Waals surface area (Å²) in [6.07, 6.45) is 0. The molecule has 108 valence electrons. The molecule has 3 nitrogen and oxygen atoms in total. The van der Waals surface area contributed by atoms with Gasteiger partial charge in [0, 0.05) is 18.8 Å². The Labute approximate surface area is 126 Å². The normalized spacial score (nSPS) is 10.6. The van der Waals surface area contributed by atoms with Crippen molar-refractivity contribution in [1.82, 2.24) is 9.88 Å². The molecule has 0 saturated heterocycles. The van der Waals surface area contributed by atoms with Crippen LogP contribution in [0.15, 0.2) is 36.4 Å². The maximum atomic E-state index is 8.93. The van der Waals surface area contributed by atoms with Crippen LogP contribution in [0.25, 0.3) is 0 Å². The van der Waals surface area contributed by atoms with E-state index < -0.39 is 0 Å². The van der Waals surface area contributed by atoms with Gasteiger partial charge in [-0.2, -0.15) is 5.26 Å². The minimum Gasteiger partial charge on any atom is -0.294 e. The fourth-order valence-electron chi connectivity index (χ4n) is 2.38. The van der Waals surface area contributed by atoms with Gasteiger partial charge < -0.3 is 0 Å². The Kier molecular flexibility index (Phi) is 5.08. The van der Waals surface area contributed by atoms with Crippen LogP contribution in [0.2, 0.25) is 0 Å². The van der Waals surface area contributed by atoms with E-state index in [0.717, 1.165) is 36.6 Å². The molecule has 0 unspecified atom stereocenters. The van der Waals surface area contributed by atoms with Crippen LogP contribution in [-0.4, -0.2) is 16.4 Å². The Morgan fingerprint density at radius 3 is 2.57 bits per heavy atom. The molecule has 3 heteroatoms. The first kappa shape index (κ1) is 15.2. The molecule has 1 aromatic carbocycles. The largest absolute Gasteiger partial charge is 0.294 e. The Morgan fingerprint density at radius 2 is 1.95 bits per heavy atom. The number of nitriles is 1. The van der Waals surface area contributed by atoms with E-state index in [-0.39, 0.29) is 0 Å². The first-order valence-electron chi connectivity index (χ1n) is 7.27. The lowest BCUT2D eigenvalue weighted by Gasteiger charge is -2.21. The molecule has 0 aliphatic rings. The van der Waals surface area contributed by atoms with E-state index in [1.807, 2.05) is 25.1 Å². The molecule has 0 aliphatic carbocycles. The topological polar surface area (TPSA) is 39.9 Å². The molecule has 2 aromatic rings. The Balaban J connectivity index is 2.11. The molecule has 1 aromatic heterocycles. The zero-order chi connectivity index (χ0) is 15.2. The van der Waals surface area contributed by atoms with Crippen LogP contribution in [0.3, 0.4) is 0 Å². The Hall–Kier alpha value is -2.18. The van der Waals surface area contributed by atoms with Gasteiger partial charge in [-0.05, 0) is 55.8 Å². The molecule has 0 fully saturated rings. The van der Waals surface area contributed by atoms with Crippen molar-refractivity contribution >= 4 is 0 Å². The SMILES string of the molecule is CCN(Cc1cccc(C)n1)Cc1ccc(C#N)cc1C. The van der Waals surface area contributed by atoms with E-state index in [2.05, 4.69) is 48.0 Å². The third-order valence-corrected chi connectivity index (χ3v) is 3.64. The van der Waals surface area contributed by atoms with Gasteiger partial charge in [0.1, 0.15) is 0 Å². The van der Waals surface area contributed by atoms with Crippen molar-refractivity contribution in [3.05, 3.63) is 64.5 Å². The van der Waals surface area contributed by atoms with Gasteiger partial charge in [0.25, 0.3) is 0 Å². The van der Waals surface area contributed by atoms with Crippen LogP contribution in [0.5, 0.6) is 0 Å². The standard InChI is InChI=1S/C18H21N3/c1-4-21(13-18-7-5-6-15(3)20-18)12-17-9-8-16(11-19)10-14(17)2/h5-10H,4,12-13H2,1-3H3. The summed E-state index contributed by atoms with van der Waals surface area (Å²) >= 11 is 0. The predicted molar refractivity (Wildman–Crippen MR) is 84.7 cm³/mol. The quantitative estimate of drug-likeness (QED) is 0.839. The van der Waals surface area contributed by atoms with Gasteiger partial charge in [-0.1, -0.05) is 19.1 Å². The highest BCUT2D eigenvalue weighted by molar-refractivity contribution is 5.37. The monoisotopic (exact) mass is 279 g/mol. The number of aromatic nitrogens is 1. The van der Waals surface area contributed by atoms with Crippen LogP contribution in [0.4, 0.5) is 0 Å². The summed E-state index contributed by atoms with van der Waals surface area (Å²) in [6, 6.07) is 14.2. The smallest absolute Gasteiger partial charge is 0.0991 e. The van der Waals surface area contributed by atoms with E-state index >= 15 is 0 Å². The van der Waals surface area contributed by atoms with Gasteiger partial charge >= 0.3 is 0 Å². The van der Waals surface area contributed by atoms with Gasteiger partial charge in [-0.15, -0.1) is 0 Å². The highest BCUT2D eigenvalue weighted by atomic mass is 15.1. The lowest BCUT2D eigenvalue weighted by molar-refractivity contribution is 0.267. The molecule has 0 spiro atoms. The second-order valence-electron chi connectivity index (χ2n) is 5.33. The molecule has 21 heavy (non-hydrogen) atoms. The van der Waals surface area contributed by atoms with Crippen molar-refractivity contribution < 1.29 is 0 Å². The summed E-state index contributed by atoms with van der Waals surface area (Å²) in [4.78, 5) is 6.92. The number of benzene rings is 1. The molecular formula is C18H21N3. The maximum absolute atomic E-state index is 8.93. The van der Waals surface area contributed by atoms with Crippen LogP contribution in [0, 0.1) is 25.2 Å². The summed E-state index contributed by atoms with van der Waals surface area (Å²) in [5.74, 6) is 0. The molecule has 2 rings (SSSR count). The fourth-order valence-corrected chi connectivity index (χ4v) is 2.38. The van der Waals surface area contributed by atoms with Crippen LogP contribution in [-0.2, 0) is 13.1 Å². The van der Waals surface area contributed by atoms with E-state index in [4.69, 9.17) is 5.26 Å². The predicted octanol–water partition coefficient (Wildman–Crippen LogP) is 3.59. The maximum Gasteiger partial charge on any atom is 0.0991 e. The van der Waals surface area contributed by atoms with Gasteiger partial charge in [-0.3, -0.25) is 9.88 Å². The molecule has 0 aliphatic heterocycles. The minimum atomic E-state index is 0.722.